The third kappa shape index (κ3) is 4.10. The van der Waals surface area contributed by atoms with Gasteiger partial charge in [-0.15, -0.1) is 0 Å². The predicted octanol–water partition coefficient (Wildman–Crippen LogP) is 3.46. The highest BCUT2D eigenvalue weighted by Crippen LogP contribution is 2.16. The summed E-state index contributed by atoms with van der Waals surface area (Å²) in [5.74, 6) is -1.68. The second-order valence-electron chi connectivity index (χ2n) is 5.11. The van der Waals surface area contributed by atoms with Crippen molar-refractivity contribution in [3.8, 4) is 0 Å². The van der Waals surface area contributed by atoms with Gasteiger partial charge in [0.1, 0.15) is 11.6 Å². The Labute approximate surface area is 112 Å². The maximum Gasteiger partial charge on any atom is 0.167 e. The molecule has 1 aromatic carbocycles. The molecular weight excluding hydrogens is 248 g/mol. The van der Waals surface area contributed by atoms with Gasteiger partial charge in [0.2, 0.25) is 0 Å². The molecule has 0 spiro atoms. The van der Waals surface area contributed by atoms with Crippen molar-refractivity contribution in [2.45, 2.75) is 44.6 Å². The molecule has 1 N–H and O–H groups in total. The van der Waals surface area contributed by atoms with Crippen LogP contribution in [0.25, 0.3) is 0 Å². The van der Waals surface area contributed by atoms with E-state index in [1.807, 2.05) is 0 Å². The van der Waals surface area contributed by atoms with Crippen LogP contribution >= 0.6 is 0 Å². The molecule has 0 radical (unpaired) electrons. The van der Waals surface area contributed by atoms with Gasteiger partial charge in [-0.05, 0) is 31.5 Å². The van der Waals surface area contributed by atoms with E-state index < -0.39 is 11.6 Å². The van der Waals surface area contributed by atoms with Gasteiger partial charge in [-0.25, -0.2) is 8.78 Å². The van der Waals surface area contributed by atoms with Crippen LogP contribution in [0.3, 0.4) is 0 Å². The number of hydrogen-bond donors (Lipinski definition) is 1. The largest absolute Gasteiger partial charge is 0.314 e. The van der Waals surface area contributed by atoms with Gasteiger partial charge in [0, 0.05) is 18.5 Å². The molecule has 0 bridgehead atoms. The lowest BCUT2D eigenvalue weighted by molar-refractivity contribution is 0.0962. The monoisotopic (exact) mass is 267 g/mol. The van der Waals surface area contributed by atoms with Gasteiger partial charge >= 0.3 is 0 Å². The van der Waals surface area contributed by atoms with Gasteiger partial charge in [-0.3, -0.25) is 4.79 Å². The summed E-state index contributed by atoms with van der Waals surface area (Å²) in [5.41, 5.74) is -0.00902. The highest BCUT2D eigenvalue weighted by atomic mass is 19.1. The Bertz CT molecular complexity index is 440. The first-order valence-electron chi connectivity index (χ1n) is 6.88. The van der Waals surface area contributed by atoms with E-state index >= 15 is 0 Å². The molecule has 0 saturated carbocycles. The highest BCUT2D eigenvalue weighted by Gasteiger charge is 2.18. The third-order valence-corrected chi connectivity index (χ3v) is 3.58. The van der Waals surface area contributed by atoms with Gasteiger partial charge in [0.25, 0.3) is 0 Å². The number of rotatable bonds is 3. The van der Waals surface area contributed by atoms with Crippen LogP contribution in [-0.4, -0.2) is 18.4 Å². The number of carbonyl (C=O) groups is 1. The topological polar surface area (TPSA) is 29.1 Å². The van der Waals surface area contributed by atoms with Crippen LogP contribution in [0, 0.1) is 11.6 Å². The van der Waals surface area contributed by atoms with E-state index in [0.29, 0.717) is 0 Å². The third-order valence-electron chi connectivity index (χ3n) is 3.58. The predicted molar refractivity (Wildman–Crippen MR) is 70.2 cm³/mol. The van der Waals surface area contributed by atoms with Crippen molar-refractivity contribution < 1.29 is 13.6 Å². The Morgan fingerprint density at radius 1 is 1.21 bits per heavy atom. The zero-order valence-electron chi connectivity index (χ0n) is 10.9. The molecule has 1 unspecified atom stereocenters. The first-order valence-corrected chi connectivity index (χ1v) is 6.88. The van der Waals surface area contributed by atoms with Crippen LogP contribution in [-0.2, 0) is 0 Å². The summed E-state index contributed by atoms with van der Waals surface area (Å²) in [6.07, 6.45) is 5.85. The van der Waals surface area contributed by atoms with E-state index in [1.165, 1.54) is 18.9 Å². The van der Waals surface area contributed by atoms with E-state index in [4.69, 9.17) is 0 Å². The molecule has 1 heterocycles. The van der Waals surface area contributed by atoms with Gasteiger partial charge in [-0.2, -0.15) is 0 Å². The molecule has 0 amide bonds. The fourth-order valence-electron chi connectivity index (χ4n) is 2.50. The molecule has 0 aliphatic carbocycles. The van der Waals surface area contributed by atoms with Crippen molar-refractivity contribution in [1.82, 2.24) is 5.32 Å². The van der Waals surface area contributed by atoms with Gasteiger partial charge in [-0.1, -0.05) is 19.3 Å². The van der Waals surface area contributed by atoms with Gasteiger partial charge < -0.3 is 5.32 Å². The minimum atomic E-state index is -0.768. The first kappa shape index (κ1) is 14.1. The van der Waals surface area contributed by atoms with E-state index in [2.05, 4.69) is 5.32 Å². The van der Waals surface area contributed by atoms with E-state index in [1.54, 1.807) is 0 Å². The summed E-state index contributed by atoms with van der Waals surface area (Å²) in [6.45, 7) is 0.907. The molecule has 4 heteroatoms. The number of Topliss-reactive ketones (excluding diaryl/α,β-unsaturated/α-hetero) is 1. The van der Waals surface area contributed by atoms with Crippen LogP contribution < -0.4 is 5.32 Å². The first-order chi connectivity index (χ1) is 9.16. The smallest absolute Gasteiger partial charge is 0.167 e. The summed E-state index contributed by atoms with van der Waals surface area (Å²) in [6, 6.07) is 3.23. The lowest BCUT2D eigenvalue weighted by atomic mass is 9.97. The maximum absolute atomic E-state index is 13.5. The fourth-order valence-corrected chi connectivity index (χ4v) is 2.50. The SMILES string of the molecule is O=C(CC1CCCCCCN1)c1ccc(F)cc1F. The van der Waals surface area contributed by atoms with Crippen molar-refractivity contribution in [3.63, 3.8) is 0 Å². The van der Waals surface area contributed by atoms with E-state index in [-0.39, 0.29) is 23.8 Å². The van der Waals surface area contributed by atoms with Crippen LogP contribution in [0.15, 0.2) is 18.2 Å². The molecule has 1 saturated heterocycles. The maximum atomic E-state index is 13.5. The lowest BCUT2D eigenvalue weighted by Gasteiger charge is -2.20. The molecule has 1 fully saturated rings. The quantitative estimate of drug-likeness (QED) is 0.850. The summed E-state index contributed by atoms with van der Waals surface area (Å²) >= 11 is 0. The number of halogens is 2. The van der Waals surface area contributed by atoms with Crippen molar-refractivity contribution in [2.24, 2.45) is 0 Å². The van der Waals surface area contributed by atoms with E-state index in [0.717, 1.165) is 37.9 Å². The summed E-state index contributed by atoms with van der Waals surface area (Å²) < 4.78 is 26.3. The second-order valence-corrected chi connectivity index (χ2v) is 5.11. The molecule has 1 aliphatic heterocycles. The minimum absolute atomic E-state index is 0.00902. The molecular formula is C15H19F2NO. The minimum Gasteiger partial charge on any atom is -0.314 e. The molecule has 2 nitrogen and oxygen atoms in total. The zero-order valence-corrected chi connectivity index (χ0v) is 10.9. The summed E-state index contributed by atoms with van der Waals surface area (Å²) in [7, 11) is 0. The van der Waals surface area contributed by atoms with Crippen LogP contribution in [0.5, 0.6) is 0 Å². The molecule has 2 rings (SSSR count). The molecule has 104 valence electrons. The number of ketones is 1. The van der Waals surface area contributed by atoms with Crippen molar-refractivity contribution in [3.05, 3.63) is 35.4 Å². The second kappa shape index (κ2) is 6.75. The Morgan fingerprint density at radius 3 is 2.79 bits per heavy atom. The highest BCUT2D eigenvalue weighted by molar-refractivity contribution is 5.96. The van der Waals surface area contributed by atoms with E-state index in [9.17, 15) is 13.6 Å². The fraction of sp³-hybridized carbons (Fsp3) is 0.533. The molecule has 19 heavy (non-hydrogen) atoms. The van der Waals surface area contributed by atoms with Crippen molar-refractivity contribution in [1.29, 1.82) is 0 Å². The molecule has 1 aromatic rings. The molecule has 1 atom stereocenters. The van der Waals surface area contributed by atoms with Gasteiger partial charge in [0.05, 0.1) is 5.56 Å². The standard InChI is InChI=1S/C15H19F2NO/c16-11-6-7-13(14(17)9-11)15(19)10-12-5-3-1-2-4-8-18-12/h6-7,9,12,18H,1-5,8,10H2. The Hall–Kier alpha value is -1.29. The number of nitrogens with one attached hydrogen (secondary N) is 1. The number of benzene rings is 1. The Kier molecular flexibility index (Phi) is 5.02. The summed E-state index contributed by atoms with van der Waals surface area (Å²) in [5, 5.41) is 3.34. The number of hydrogen-bond acceptors (Lipinski definition) is 2. The Morgan fingerprint density at radius 2 is 2.00 bits per heavy atom. The molecule has 0 aromatic heterocycles. The average molecular weight is 267 g/mol. The normalized spacial score (nSPS) is 20.6. The number of carbonyl (C=O) groups excluding carboxylic acids is 1. The van der Waals surface area contributed by atoms with Gasteiger partial charge in [0.15, 0.2) is 5.78 Å². The van der Waals surface area contributed by atoms with Crippen LogP contribution in [0.1, 0.15) is 48.9 Å². The molecule has 1 aliphatic rings. The Balaban J connectivity index is 1.99. The van der Waals surface area contributed by atoms with Crippen molar-refractivity contribution in [2.75, 3.05) is 6.54 Å². The average Bonchev–Trinajstić information content (AvgIpc) is 2.32. The van der Waals surface area contributed by atoms with Crippen LogP contribution in [0.2, 0.25) is 0 Å². The van der Waals surface area contributed by atoms with Crippen LogP contribution in [0.4, 0.5) is 8.78 Å². The summed E-state index contributed by atoms with van der Waals surface area (Å²) in [4.78, 5) is 12.0. The zero-order chi connectivity index (χ0) is 13.7. The lowest BCUT2D eigenvalue weighted by Crippen LogP contribution is -2.33. The van der Waals surface area contributed by atoms with Crippen molar-refractivity contribution >= 4 is 5.78 Å².